The topological polar surface area (TPSA) is 19.0 Å². The van der Waals surface area contributed by atoms with E-state index >= 15 is 0 Å². The third-order valence-corrected chi connectivity index (χ3v) is 24.8. The first kappa shape index (κ1) is 54.0. The summed E-state index contributed by atoms with van der Waals surface area (Å²) in [6.07, 6.45) is 27.3. The monoisotopic (exact) mass is 1100 g/mol. The summed E-state index contributed by atoms with van der Waals surface area (Å²) in [6, 6.07) is 31.2. The second-order valence-corrected chi connectivity index (χ2v) is 33.6. The average Bonchev–Trinajstić information content (AvgIpc) is 1.84. The van der Waals surface area contributed by atoms with E-state index in [1.54, 1.807) is 5.57 Å². The lowest BCUT2D eigenvalue weighted by Crippen LogP contribution is -2.62. The van der Waals surface area contributed by atoms with Gasteiger partial charge in [-0.05, 0) is 225 Å². The fourth-order valence-electron chi connectivity index (χ4n) is 18.8. The predicted molar refractivity (Wildman–Crippen MR) is 353 cm³/mol. The summed E-state index contributed by atoms with van der Waals surface area (Å²) in [4.78, 5) is 8.56. The van der Waals surface area contributed by atoms with Gasteiger partial charge < -0.3 is 19.4 Å². The molecule has 430 valence electrons. The van der Waals surface area contributed by atoms with E-state index in [0.717, 1.165) is 25.0 Å². The maximum Gasteiger partial charge on any atom is 0.252 e. The molecular weight excluding hydrogens is 1010 g/mol. The number of hydrogen-bond donors (Lipinski definition) is 0. The van der Waals surface area contributed by atoms with Gasteiger partial charge in [-0.1, -0.05) is 172 Å². The Labute approximate surface area is 500 Å². The van der Waals surface area contributed by atoms with Crippen molar-refractivity contribution < 1.29 is 4.74 Å². The highest BCUT2D eigenvalue weighted by molar-refractivity contribution is 7.00. The molecule has 1 saturated carbocycles. The molecule has 6 aliphatic carbocycles. The third kappa shape index (κ3) is 7.42. The van der Waals surface area contributed by atoms with Gasteiger partial charge in [0.15, 0.2) is 0 Å². The Morgan fingerprint density at radius 3 is 1.63 bits per heavy atom. The Kier molecular flexibility index (Phi) is 11.1. The summed E-state index contributed by atoms with van der Waals surface area (Å²) < 4.78 is 7.02. The molecule has 5 unspecified atom stereocenters. The smallest absolute Gasteiger partial charge is 0.252 e. The molecule has 5 atom stereocenters. The van der Waals surface area contributed by atoms with E-state index in [9.17, 15) is 0 Å². The zero-order valence-electron chi connectivity index (χ0n) is 53.7. The van der Waals surface area contributed by atoms with Gasteiger partial charge >= 0.3 is 0 Å². The van der Waals surface area contributed by atoms with Gasteiger partial charge in [-0.25, -0.2) is 0 Å². The van der Waals surface area contributed by atoms with Gasteiger partial charge in [0.2, 0.25) is 0 Å². The summed E-state index contributed by atoms with van der Waals surface area (Å²) in [5, 5.41) is 0. The number of benzene rings is 5. The van der Waals surface area contributed by atoms with E-state index in [2.05, 4.69) is 242 Å². The van der Waals surface area contributed by atoms with Crippen LogP contribution in [0.2, 0.25) is 0 Å². The van der Waals surface area contributed by atoms with Crippen molar-refractivity contribution in [3.8, 4) is 5.75 Å². The van der Waals surface area contributed by atoms with Crippen molar-refractivity contribution in [2.75, 3.05) is 14.7 Å². The molecule has 5 aromatic carbocycles. The van der Waals surface area contributed by atoms with Gasteiger partial charge in [-0.2, -0.15) is 0 Å². The minimum atomic E-state index is -0.124. The molecule has 0 aromatic heterocycles. The first-order chi connectivity index (χ1) is 39.0. The van der Waals surface area contributed by atoms with Crippen molar-refractivity contribution in [3.63, 3.8) is 0 Å². The van der Waals surface area contributed by atoms with Crippen molar-refractivity contribution in [1.29, 1.82) is 0 Å². The molecular formula is C78H94BN3O. The molecule has 5 aromatic rings. The molecule has 4 aliphatic heterocycles. The van der Waals surface area contributed by atoms with Crippen molar-refractivity contribution in [3.05, 3.63) is 159 Å². The number of allylic oxidation sites excluding steroid dienone is 4. The number of anilines is 7. The standard InChI is InChI=1S/C78H94BN3O/c1-70(2,3)47-27-30-60-57(39-47)77(16)31-20-21-32-78(77,17)82(60)49-41-64-69-65(42-49)81(61-24-22-26-67-68(61)50-23-18-19-25-66(50)83-67)63-46-56-54(74(10,11)36-38-76(56,14)15)44-59(63)79(69)58-43-53-55(75(12,13)37-35-73(53,8)9)45-62(58)80(64)48-28-29-51-52(40-48)72(6,7)34-33-71(51,4)5/h18-19,22-30,40-47,50,66H,20-21,31-39H2,1-17H3. The zero-order valence-corrected chi connectivity index (χ0v) is 53.7. The van der Waals surface area contributed by atoms with Crippen LogP contribution in [-0.2, 0) is 32.5 Å². The highest BCUT2D eigenvalue weighted by atomic mass is 16.5. The van der Waals surface area contributed by atoms with Crippen LogP contribution in [0.25, 0.3) is 0 Å². The van der Waals surface area contributed by atoms with Crippen molar-refractivity contribution in [2.45, 2.75) is 238 Å². The minimum absolute atomic E-state index is 0.00398. The molecule has 0 saturated heterocycles. The van der Waals surface area contributed by atoms with E-state index in [0.29, 0.717) is 5.92 Å². The Hall–Kier alpha value is -5.68. The molecule has 0 bridgehead atoms. The van der Waals surface area contributed by atoms with Gasteiger partial charge in [0.05, 0.1) is 11.2 Å². The summed E-state index contributed by atoms with van der Waals surface area (Å²) in [5.74, 6) is 1.60. The summed E-state index contributed by atoms with van der Waals surface area (Å²) in [6.45, 7) is 42.9. The lowest BCUT2D eigenvalue weighted by Gasteiger charge is -2.53. The minimum Gasteiger partial charge on any atom is -0.485 e. The number of hydrogen-bond acceptors (Lipinski definition) is 4. The molecule has 15 rings (SSSR count). The maximum absolute atomic E-state index is 7.02. The van der Waals surface area contributed by atoms with Gasteiger partial charge in [-0.3, -0.25) is 0 Å². The van der Waals surface area contributed by atoms with Crippen molar-refractivity contribution >= 4 is 62.9 Å². The second-order valence-electron chi connectivity index (χ2n) is 33.6. The van der Waals surface area contributed by atoms with Gasteiger partial charge in [0, 0.05) is 56.7 Å². The lowest BCUT2D eigenvalue weighted by atomic mass is 9.32. The number of nitrogens with zero attached hydrogens (tertiary/aromatic N) is 3. The molecule has 83 heavy (non-hydrogen) atoms. The average molecular weight is 1100 g/mol. The number of ether oxygens (including phenoxy) is 1. The fourth-order valence-corrected chi connectivity index (χ4v) is 18.8. The summed E-state index contributed by atoms with van der Waals surface area (Å²) >= 11 is 0. The molecule has 0 amide bonds. The first-order valence-electron chi connectivity index (χ1n) is 32.6. The highest BCUT2D eigenvalue weighted by Gasteiger charge is 2.60. The summed E-state index contributed by atoms with van der Waals surface area (Å²) in [5.41, 5.74) is 27.3. The number of fused-ring (bicyclic) bond motifs is 12. The predicted octanol–water partition coefficient (Wildman–Crippen LogP) is 18.8. The Morgan fingerprint density at radius 2 is 1.02 bits per heavy atom. The van der Waals surface area contributed by atoms with Gasteiger partial charge in [0.25, 0.3) is 6.71 Å². The fraction of sp³-hybridized carbons (Fsp3) is 0.513. The van der Waals surface area contributed by atoms with Crippen LogP contribution in [0.15, 0.2) is 121 Å². The van der Waals surface area contributed by atoms with Crippen LogP contribution < -0.4 is 35.8 Å². The van der Waals surface area contributed by atoms with E-state index in [-0.39, 0.29) is 67.6 Å². The molecule has 0 spiro atoms. The van der Waals surface area contributed by atoms with E-state index < -0.39 is 0 Å². The third-order valence-electron chi connectivity index (χ3n) is 24.8. The largest absolute Gasteiger partial charge is 0.485 e. The quantitative estimate of drug-likeness (QED) is 0.164. The zero-order chi connectivity index (χ0) is 58.3. The molecule has 0 radical (unpaired) electrons. The molecule has 1 fully saturated rings. The summed E-state index contributed by atoms with van der Waals surface area (Å²) in [7, 11) is 0. The normalized spacial score (nSPS) is 28.9. The Morgan fingerprint density at radius 1 is 0.494 bits per heavy atom. The Bertz CT molecular complexity index is 3790. The van der Waals surface area contributed by atoms with Crippen LogP contribution in [0.1, 0.15) is 233 Å². The van der Waals surface area contributed by atoms with Crippen molar-refractivity contribution in [2.24, 2.45) is 16.7 Å². The van der Waals surface area contributed by atoms with Crippen LogP contribution in [0.5, 0.6) is 5.75 Å². The molecule has 5 heteroatoms. The molecule has 4 nitrogen and oxygen atoms in total. The van der Waals surface area contributed by atoms with Crippen LogP contribution in [0, 0.1) is 16.7 Å². The maximum atomic E-state index is 7.02. The van der Waals surface area contributed by atoms with Crippen LogP contribution in [0.3, 0.4) is 0 Å². The molecule has 10 aliphatic rings. The van der Waals surface area contributed by atoms with E-state index in [1.807, 2.05) is 0 Å². The lowest BCUT2D eigenvalue weighted by molar-refractivity contribution is 0.140. The van der Waals surface area contributed by atoms with Gasteiger partial charge in [-0.15, -0.1) is 0 Å². The van der Waals surface area contributed by atoms with Crippen molar-refractivity contribution in [1.82, 2.24) is 0 Å². The van der Waals surface area contributed by atoms with Crippen LogP contribution >= 0.6 is 0 Å². The van der Waals surface area contributed by atoms with E-state index in [4.69, 9.17) is 4.74 Å². The van der Waals surface area contributed by atoms with Crippen LogP contribution in [-0.4, -0.2) is 18.4 Å². The van der Waals surface area contributed by atoms with Gasteiger partial charge in [0.1, 0.15) is 11.9 Å². The molecule has 4 heterocycles. The van der Waals surface area contributed by atoms with Crippen LogP contribution in [0.4, 0.5) is 39.8 Å². The van der Waals surface area contributed by atoms with E-state index in [1.165, 1.54) is 152 Å². The SMILES string of the molecule is CC1(C)CCC(C)(C)c2cc(N3c4cc5c(cc4B4c6cc7c(cc6N(c6cccc8c6C6C=CC=CC6O8)c6cc(N8C9=C(CC(C(C)(C)C)C=C9)C9(C)CCCCC89C)cc3c64)C(C)(C)CCC7(C)C)C(C)(C)CCC5(C)C)ccc21. The second kappa shape index (κ2) is 17.1. The number of rotatable bonds is 3. The highest BCUT2D eigenvalue weighted by Crippen LogP contribution is 2.65. The molecule has 0 N–H and O–H groups in total. The Balaban J connectivity index is 1.10. The first-order valence-corrected chi connectivity index (χ1v) is 32.6.